The summed E-state index contributed by atoms with van der Waals surface area (Å²) in [6.45, 7) is 5.35. The van der Waals surface area contributed by atoms with Crippen molar-refractivity contribution in [3.05, 3.63) is 0 Å². The Kier molecular flexibility index (Phi) is 41.8. The van der Waals surface area contributed by atoms with E-state index in [-0.39, 0.29) is 70.6 Å². The van der Waals surface area contributed by atoms with Crippen LogP contribution in [0.25, 0.3) is 0 Å². The van der Waals surface area contributed by atoms with Gasteiger partial charge in [-0.2, -0.15) is 0 Å². The Morgan fingerprint density at radius 1 is 0.478 bits per heavy atom. The monoisotopic (exact) mass is 706 g/mol. The van der Waals surface area contributed by atoms with Gasteiger partial charge in [0.15, 0.2) is 0 Å². The van der Waals surface area contributed by atoms with Crippen molar-refractivity contribution in [2.45, 2.75) is 154 Å². The van der Waals surface area contributed by atoms with E-state index < -0.39 is 36.1 Å². The predicted molar refractivity (Wildman–Crippen MR) is 179 cm³/mol. The smallest absolute Gasteiger partial charge is 0.548 e. The standard InChI is InChI=1S/C32H62N4O6S2.2Na/c1-3-5-7-9-11-13-15-17-19-21-23-33-31(41)35-27(29(37)38)25-43-44-26-28(30(39)40)36-32(42)34-24-22-20-18-16-14-12-10-8-6-4-2;;/h27-28H,3-26H2,1-2H3,(H,37,38)(H,39,40)(H2,33,35,41)(H2,34,36,42);;/q;2*+1/p-2. The number of amides is 4. The van der Waals surface area contributed by atoms with E-state index in [0.717, 1.165) is 60.1 Å². The van der Waals surface area contributed by atoms with Crippen LogP contribution in [0.2, 0.25) is 0 Å². The number of carboxylic acid groups (broad SMARTS) is 2. The van der Waals surface area contributed by atoms with Crippen molar-refractivity contribution in [3.8, 4) is 0 Å². The van der Waals surface area contributed by atoms with Crippen LogP contribution in [0, 0.1) is 0 Å². The first-order chi connectivity index (χ1) is 21.3. The van der Waals surface area contributed by atoms with Crippen LogP contribution in [0.15, 0.2) is 0 Å². The zero-order chi connectivity index (χ0) is 32.7. The summed E-state index contributed by atoms with van der Waals surface area (Å²) in [5.74, 6) is -2.89. The molecule has 0 aliphatic heterocycles. The zero-order valence-corrected chi connectivity index (χ0v) is 35.0. The number of hydrogen-bond donors (Lipinski definition) is 4. The first kappa shape index (κ1) is 50.6. The van der Waals surface area contributed by atoms with Crippen molar-refractivity contribution in [1.29, 1.82) is 0 Å². The molecular formula is C32H60N4Na2O6S2. The molecule has 0 aliphatic rings. The van der Waals surface area contributed by atoms with Gasteiger partial charge in [0.2, 0.25) is 0 Å². The molecule has 10 nitrogen and oxygen atoms in total. The molecule has 46 heavy (non-hydrogen) atoms. The van der Waals surface area contributed by atoms with Gasteiger partial charge in [0.05, 0.1) is 24.0 Å². The first-order valence-electron chi connectivity index (χ1n) is 17.1. The molecule has 2 unspecified atom stereocenters. The minimum Gasteiger partial charge on any atom is -0.548 e. The van der Waals surface area contributed by atoms with E-state index in [9.17, 15) is 29.4 Å². The van der Waals surface area contributed by atoms with Crippen molar-refractivity contribution in [2.75, 3.05) is 24.6 Å². The molecule has 0 radical (unpaired) electrons. The van der Waals surface area contributed by atoms with Crippen LogP contribution in [-0.4, -0.2) is 60.7 Å². The topological polar surface area (TPSA) is 163 Å². The summed E-state index contributed by atoms with van der Waals surface area (Å²) in [6, 6.07) is -3.62. The van der Waals surface area contributed by atoms with Gasteiger partial charge >= 0.3 is 71.2 Å². The molecule has 2 atom stereocenters. The maximum Gasteiger partial charge on any atom is 1.00 e. The second-order valence-electron chi connectivity index (χ2n) is 11.5. The zero-order valence-electron chi connectivity index (χ0n) is 29.4. The number of urea groups is 2. The molecular weight excluding hydrogens is 646 g/mol. The molecule has 14 heteroatoms. The largest absolute Gasteiger partial charge is 1.00 e. The SMILES string of the molecule is CCCCCCCCCCCCNC(=O)NC(CSSCC(NC(=O)NCCCCCCCCCCCC)C(=O)[O-])C(=O)[O-].[Na+].[Na+]. The van der Waals surface area contributed by atoms with Crippen LogP contribution < -0.4 is 90.6 Å². The van der Waals surface area contributed by atoms with Crippen molar-refractivity contribution in [1.82, 2.24) is 21.3 Å². The Hall–Kier alpha value is 0.180. The Balaban J connectivity index is -0.00000924. The molecule has 0 bridgehead atoms. The second-order valence-corrected chi connectivity index (χ2v) is 14.0. The van der Waals surface area contributed by atoms with Gasteiger partial charge in [-0.15, -0.1) is 0 Å². The van der Waals surface area contributed by atoms with E-state index in [2.05, 4.69) is 35.1 Å². The fourth-order valence-electron chi connectivity index (χ4n) is 4.62. The van der Waals surface area contributed by atoms with E-state index in [4.69, 9.17) is 0 Å². The fraction of sp³-hybridized carbons (Fsp3) is 0.875. The summed E-state index contributed by atoms with van der Waals surface area (Å²) < 4.78 is 0. The Morgan fingerprint density at radius 2 is 0.739 bits per heavy atom. The average molecular weight is 707 g/mol. The minimum atomic E-state index is -1.42. The van der Waals surface area contributed by atoms with E-state index in [0.29, 0.717) is 13.1 Å². The van der Waals surface area contributed by atoms with Gasteiger partial charge in [0.25, 0.3) is 0 Å². The molecule has 258 valence electrons. The summed E-state index contributed by atoms with van der Waals surface area (Å²) in [5, 5.41) is 33.1. The molecule has 0 heterocycles. The third-order valence-corrected chi connectivity index (χ3v) is 9.79. The van der Waals surface area contributed by atoms with Crippen molar-refractivity contribution < 1.29 is 88.5 Å². The molecule has 4 N–H and O–H groups in total. The first-order valence-corrected chi connectivity index (χ1v) is 19.5. The quantitative estimate of drug-likeness (QED) is 0.0408. The summed E-state index contributed by atoms with van der Waals surface area (Å²) in [6.07, 6.45) is 23.7. The third kappa shape index (κ3) is 34.1. The molecule has 0 aromatic heterocycles. The number of carboxylic acids is 2. The normalized spacial score (nSPS) is 11.8. The average Bonchev–Trinajstić information content (AvgIpc) is 2.99. The van der Waals surface area contributed by atoms with Gasteiger partial charge in [0.1, 0.15) is 0 Å². The summed E-state index contributed by atoms with van der Waals surface area (Å²) in [7, 11) is 2.15. The van der Waals surface area contributed by atoms with Gasteiger partial charge in [0, 0.05) is 24.6 Å². The van der Waals surface area contributed by atoms with Crippen molar-refractivity contribution in [3.63, 3.8) is 0 Å². The second kappa shape index (κ2) is 38.0. The van der Waals surface area contributed by atoms with Crippen LogP contribution in [0.1, 0.15) is 142 Å². The summed E-state index contributed by atoms with van der Waals surface area (Å²) in [5.41, 5.74) is 0. The Bertz CT molecular complexity index is 699. The molecule has 0 aromatic carbocycles. The van der Waals surface area contributed by atoms with Crippen LogP contribution in [0.3, 0.4) is 0 Å². The molecule has 0 spiro atoms. The molecule has 0 saturated heterocycles. The molecule has 0 aromatic rings. The fourth-order valence-corrected chi connectivity index (χ4v) is 6.91. The Morgan fingerprint density at radius 3 is 1.00 bits per heavy atom. The number of hydrogen-bond acceptors (Lipinski definition) is 8. The maximum atomic E-state index is 12.1. The van der Waals surface area contributed by atoms with Gasteiger partial charge in [-0.3, -0.25) is 0 Å². The Labute approximate surface area is 331 Å². The molecule has 4 amide bonds. The van der Waals surface area contributed by atoms with Crippen molar-refractivity contribution in [2.24, 2.45) is 0 Å². The van der Waals surface area contributed by atoms with E-state index >= 15 is 0 Å². The number of unbranched alkanes of at least 4 members (excludes halogenated alkanes) is 18. The number of aliphatic carboxylic acids is 2. The molecule has 0 aliphatic carbocycles. The van der Waals surface area contributed by atoms with Crippen LogP contribution in [0.4, 0.5) is 9.59 Å². The maximum absolute atomic E-state index is 12.1. The van der Waals surface area contributed by atoms with Gasteiger partial charge in [-0.25, -0.2) is 9.59 Å². The van der Waals surface area contributed by atoms with Crippen LogP contribution >= 0.6 is 21.6 Å². The van der Waals surface area contributed by atoms with Gasteiger partial charge in [-0.1, -0.05) is 151 Å². The van der Waals surface area contributed by atoms with E-state index in [1.165, 1.54) is 89.9 Å². The summed E-state index contributed by atoms with van der Waals surface area (Å²) in [4.78, 5) is 47.2. The molecule has 0 fully saturated rings. The molecule has 0 saturated carbocycles. The number of carbonyl (C=O) groups is 4. The van der Waals surface area contributed by atoms with E-state index in [1.807, 2.05) is 0 Å². The van der Waals surface area contributed by atoms with Crippen LogP contribution in [0.5, 0.6) is 0 Å². The summed E-state index contributed by atoms with van der Waals surface area (Å²) >= 11 is 0. The van der Waals surface area contributed by atoms with Crippen LogP contribution in [-0.2, 0) is 9.59 Å². The van der Waals surface area contributed by atoms with Gasteiger partial charge < -0.3 is 41.1 Å². The molecule has 0 rings (SSSR count). The van der Waals surface area contributed by atoms with Gasteiger partial charge in [-0.05, 0) is 12.8 Å². The number of nitrogens with one attached hydrogen (secondary N) is 4. The number of carbonyl (C=O) groups excluding carboxylic acids is 4. The van der Waals surface area contributed by atoms with E-state index in [1.54, 1.807) is 0 Å². The third-order valence-electron chi connectivity index (χ3n) is 7.36. The number of rotatable bonds is 31. The van der Waals surface area contributed by atoms with Crippen molar-refractivity contribution >= 4 is 45.6 Å². The minimum absolute atomic E-state index is 0. The predicted octanol–water partition coefficient (Wildman–Crippen LogP) is -0.947.